The van der Waals surface area contributed by atoms with E-state index in [1.165, 1.54) is 29.2 Å². The van der Waals surface area contributed by atoms with Crippen LogP contribution in [0.4, 0.5) is 5.69 Å². The SMILES string of the molecule is O=C(NCc1cccc(OCc2ccccc2)c1)c1ccc(-n2ccnc2)c([N+](=O)[O-])c1. The number of hydrogen-bond donors (Lipinski definition) is 1. The van der Waals surface area contributed by atoms with E-state index in [1.807, 2.05) is 54.6 Å². The van der Waals surface area contributed by atoms with Gasteiger partial charge in [0.05, 0.1) is 11.3 Å². The average molecular weight is 428 g/mol. The van der Waals surface area contributed by atoms with Gasteiger partial charge >= 0.3 is 0 Å². The van der Waals surface area contributed by atoms with Gasteiger partial charge in [-0.05, 0) is 35.4 Å². The Bertz CT molecular complexity index is 1220. The molecule has 0 spiro atoms. The van der Waals surface area contributed by atoms with Crippen molar-refractivity contribution < 1.29 is 14.5 Å². The van der Waals surface area contributed by atoms with Crippen molar-refractivity contribution in [3.63, 3.8) is 0 Å². The van der Waals surface area contributed by atoms with Crippen LogP contribution in [-0.4, -0.2) is 20.4 Å². The first kappa shape index (κ1) is 20.8. The van der Waals surface area contributed by atoms with Crippen LogP contribution < -0.4 is 10.1 Å². The van der Waals surface area contributed by atoms with Crippen LogP contribution in [0, 0.1) is 10.1 Å². The number of ether oxygens (including phenoxy) is 1. The Kier molecular flexibility index (Phi) is 6.22. The lowest BCUT2D eigenvalue weighted by Crippen LogP contribution is -2.23. The summed E-state index contributed by atoms with van der Waals surface area (Å²) in [7, 11) is 0. The number of nitro groups is 1. The number of nitrogens with one attached hydrogen (secondary N) is 1. The molecule has 1 aromatic heterocycles. The molecule has 1 amide bonds. The Labute approximate surface area is 184 Å². The third kappa shape index (κ3) is 4.99. The molecule has 32 heavy (non-hydrogen) atoms. The van der Waals surface area contributed by atoms with Crippen molar-refractivity contribution in [3.05, 3.63) is 118 Å². The first-order valence-electron chi connectivity index (χ1n) is 9.91. The number of rotatable bonds is 8. The molecule has 0 bridgehead atoms. The van der Waals surface area contributed by atoms with Crippen LogP contribution in [0.2, 0.25) is 0 Å². The molecule has 0 fully saturated rings. The van der Waals surface area contributed by atoms with Crippen molar-refractivity contribution in [2.45, 2.75) is 13.2 Å². The highest BCUT2D eigenvalue weighted by atomic mass is 16.6. The summed E-state index contributed by atoms with van der Waals surface area (Å²) in [6, 6.07) is 21.6. The van der Waals surface area contributed by atoms with Gasteiger partial charge in [0.2, 0.25) is 0 Å². The van der Waals surface area contributed by atoms with Crippen LogP contribution in [0.1, 0.15) is 21.5 Å². The summed E-state index contributed by atoms with van der Waals surface area (Å²) in [5.74, 6) is 0.293. The second-order valence-electron chi connectivity index (χ2n) is 7.03. The lowest BCUT2D eigenvalue weighted by atomic mass is 10.1. The minimum atomic E-state index is -0.514. The molecule has 0 radical (unpaired) electrons. The summed E-state index contributed by atoms with van der Waals surface area (Å²) in [5.41, 5.74) is 2.29. The van der Waals surface area contributed by atoms with E-state index in [1.54, 1.807) is 12.3 Å². The minimum absolute atomic E-state index is 0.174. The fraction of sp³-hybridized carbons (Fsp3) is 0.0833. The Morgan fingerprint density at radius 1 is 1.03 bits per heavy atom. The van der Waals surface area contributed by atoms with Gasteiger partial charge in [-0.15, -0.1) is 0 Å². The second kappa shape index (κ2) is 9.57. The van der Waals surface area contributed by atoms with E-state index in [4.69, 9.17) is 4.74 Å². The van der Waals surface area contributed by atoms with E-state index in [2.05, 4.69) is 10.3 Å². The lowest BCUT2D eigenvalue weighted by Gasteiger charge is -2.10. The van der Waals surface area contributed by atoms with Crippen molar-refractivity contribution in [3.8, 4) is 11.4 Å². The summed E-state index contributed by atoms with van der Waals surface area (Å²) < 4.78 is 7.35. The zero-order chi connectivity index (χ0) is 22.3. The van der Waals surface area contributed by atoms with E-state index < -0.39 is 10.8 Å². The molecule has 4 aromatic rings. The van der Waals surface area contributed by atoms with Crippen LogP contribution >= 0.6 is 0 Å². The van der Waals surface area contributed by atoms with Crippen LogP contribution in [0.5, 0.6) is 5.75 Å². The number of imidazole rings is 1. The third-order valence-electron chi connectivity index (χ3n) is 4.82. The number of amides is 1. The normalized spacial score (nSPS) is 10.5. The largest absolute Gasteiger partial charge is 0.489 e. The van der Waals surface area contributed by atoms with E-state index in [-0.39, 0.29) is 17.8 Å². The molecule has 0 saturated heterocycles. The van der Waals surface area contributed by atoms with Crippen molar-refractivity contribution in [1.82, 2.24) is 14.9 Å². The Hall–Kier alpha value is -4.46. The zero-order valence-corrected chi connectivity index (χ0v) is 17.0. The molecule has 0 unspecified atom stereocenters. The number of nitro benzene ring substituents is 1. The summed E-state index contributed by atoms with van der Waals surface area (Å²) in [4.78, 5) is 27.5. The molecular formula is C24H20N4O4. The standard InChI is InChI=1S/C24H20N4O4/c29-24(20-9-10-22(23(14-20)28(30)31)27-12-11-25-17-27)26-15-19-7-4-8-21(13-19)32-16-18-5-2-1-3-6-18/h1-14,17H,15-16H2,(H,26,29). The molecule has 3 aromatic carbocycles. The predicted octanol–water partition coefficient (Wildman–Crippen LogP) is 4.29. The van der Waals surface area contributed by atoms with Gasteiger partial charge in [0.1, 0.15) is 18.0 Å². The number of aromatic nitrogens is 2. The van der Waals surface area contributed by atoms with E-state index in [0.717, 1.165) is 11.1 Å². The van der Waals surface area contributed by atoms with Crippen molar-refractivity contribution in [1.29, 1.82) is 0 Å². The quantitative estimate of drug-likeness (QED) is 0.333. The summed E-state index contributed by atoms with van der Waals surface area (Å²) >= 11 is 0. The van der Waals surface area contributed by atoms with Crippen LogP contribution in [0.25, 0.3) is 5.69 Å². The van der Waals surface area contributed by atoms with Gasteiger partial charge in [0, 0.05) is 30.6 Å². The maximum atomic E-state index is 12.6. The van der Waals surface area contributed by atoms with Crippen LogP contribution in [-0.2, 0) is 13.2 Å². The highest BCUT2D eigenvalue weighted by Crippen LogP contribution is 2.24. The number of benzene rings is 3. The van der Waals surface area contributed by atoms with Gasteiger partial charge in [-0.3, -0.25) is 14.9 Å². The molecule has 1 N–H and O–H groups in total. The number of hydrogen-bond acceptors (Lipinski definition) is 5. The van der Waals surface area contributed by atoms with E-state index in [0.29, 0.717) is 18.0 Å². The maximum absolute atomic E-state index is 12.6. The summed E-state index contributed by atoms with van der Waals surface area (Å²) in [6.45, 7) is 0.710. The fourth-order valence-corrected chi connectivity index (χ4v) is 3.20. The van der Waals surface area contributed by atoms with Gasteiger partial charge in [-0.1, -0.05) is 42.5 Å². The van der Waals surface area contributed by atoms with Crippen molar-refractivity contribution >= 4 is 11.6 Å². The molecular weight excluding hydrogens is 408 g/mol. The van der Waals surface area contributed by atoms with Gasteiger partial charge in [-0.2, -0.15) is 0 Å². The predicted molar refractivity (Wildman–Crippen MR) is 119 cm³/mol. The minimum Gasteiger partial charge on any atom is -0.489 e. The lowest BCUT2D eigenvalue weighted by molar-refractivity contribution is -0.384. The fourth-order valence-electron chi connectivity index (χ4n) is 3.20. The summed E-state index contributed by atoms with van der Waals surface area (Å²) in [5, 5.41) is 14.3. The van der Waals surface area contributed by atoms with Gasteiger partial charge in [0.25, 0.3) is 11.6 Å². The molecule has 0 aliphatic heterocycles. The Balaban J connectivity index is 1.41. The zero-order valence-electron chi connectivity index (χ0n) is 17.0. The molecule has 0 atom stereocenters. The molecule has 0 saturated carbocycles. The molecule has 1 heterocycles. The first-order valence-corrected chi connectivity index (χ1v) is 9.91. The van der Waals surface area contributed by atoms with E-state index >= 15 is 0 Å². The van der Waals surface area contributed by atoms with E-state index in [9.17, 15) is 14.9 Å². The maximum Gasteiger partial charge on any atom is 0.294 e. The topological polar surface area (TPSA) is 99.3 Å². The molecule has 0 aliphatic rings. The summed E-state index contributed by atoms with van der Waals surface area (Å²) in [6.07, 6.45) is 4.60. The average Bonchev–Trinajstić information content (AvgIpc) is 3.36. The molecule has 4 rings (SSSR count). The first-order chi connectivity index (χ1) is 15.6. The number of carbonyl (C=O) groups is 1. The Morgan fingerprint density at radius 3 is 2.59 bits per heavy atom. The third-order valence-corrected chi connectivity index (χ3v) is 4.82. The van der Waals surface area contributed by atoms with Crippen molar-refractivity contribution in [2.75, 3.05) is 0 Å². The van der Waals surface area contributed by atoms with Gasteiger partial charge in [-0.25, -0.2) is 4.98 Å². The molecule has 8 nitrogen and oxygen atoms in total. The number of carbonyl (C=O) groups excluding carboxylic acids is 1. The molecule has 8 heteroatoms. The van der Waals surface area contributed by atoms with Crippen molar-refractivity contribution in [2.24, 2.45) is 0 Å². The molecule has 160 valence electrons. The Morgan fingerprint density at radius 2 is 1.84 bits per heavy atom. The number of nitrogens with zero attached hydrogens (tertiary/aromatic N) is 3. The monoisotopic (exact) mass is 428 g/mol. The van der Waals surface area contributed by atoms with Crippen LogP contribution in [0.3, 0.4) is 0 Å². The smallest absolute Gasteiger partial charge is 0.294 e. The second-order valence-corrected chi connectivity index (χ2v) is 7.03. The highest BCUT2D eigenvalue weighted by molar-refractivity contribution is 5.95. The highest BCUT2D eigenvalue weighted by Gasteiger charge is 2.18. The molecule has 0 aliphatic carbocycles. The van der Waals surface area contributed by atoms with Gasteiger partial charge < -0.3 is 14.6 Å². The van der Waals surface area contributed by atoms with Gasteiger partial charge in [0.15, 0.2) is 0 Å². The van der Waals surface area contributed by atoms with Crippen LogP contribution in [0.15, 0.2) is 91.5 Å².